The van der Waals surface area contributed by atoms with Gasteiger partial charge in [0.15, 0.2) is 5.65 Å². The van der Waals surface area contributed by atoms with E-state index in [9.17, 15) is 4.79 Å². The number of aromatic nitrogens is 3. The van der Waals surface area contributed by atoms with Crippen LogP contribution in [-0.2, 0) is 6.54 Å². The summed E-state index contributed by atoms with van der Waals surface area (Å²) in [5.41, 5.74) is 8.31. The minimum atomic E-state index is -0.951. The van der Waals surface area contributed by atoms with Crippen LogP contribution in [-0.4, -0.2) is 38.2 Å². The molecule has 0 radical (unpaired) electrons. The molecule has 2 aromatic heterocycles. The smallest absolute Gasteiger partial charge is 0.335 e. The van der Waals surface area contributed by atoms with Crippen molar-refractivity contribution < 1.29 is 9.90 Å². The van der Waals surface area contributed by atoms with Gasteiger partial charge in [-0.25, -0.2) is 14.8 Å². The van der Waals surface area contributed by atoms with E-state index in [0.717, 1.165) is 41.9 Å². The highest BCUT2D eigenvalue weighted by Crippen LogP contribution is 2.24. The third kappa shape index (κ3) is 4.83. The van der Waals surface area contributed by atoms with Gasteiger partial charge in [0.05, 0.1) is 5.56 Å². The molecule has 3 rings (SSSR count). The van der Waals surface area contributed by atoms with Crippen LogP contribution < -0.4 is 16.4 Å². The monoisotopic (exact) mass is 396 g/mol. The Bertz CT molecular complexity index is 963. The Morgan fingerprint density at radius 3 is 2.48 bits per heavy atom. The van der Waals surface area contributed by atoms with Crippen LogP contribution in [0.1, 0.15) is 43.5 Å². The van der Waals surface area contributed by atoms with Crippen molar-refractivity contribution in [1.29, 1.82) is 0 Å². The molecule has 0 unspecified atom stereocenters. The van der Waals surface area contributed by atoms with Gasteiger partial charge in [0.1, 0.15) is 11.3 Å². The largest absolute Gasteiger partial charge is 0.478 e. The summed E-state index contributed by atoms with van der Waals surface area (Å²) in [6.45, 7) is 5.56. The Morgan fingerprint density at radius 1 is 1.14 bits per heavy atom. The van der Waals surface area contributed by atoms with E-state index in [1.165, 1.54) is 0 Å². The summed E-state index contributed by atoms with van der Waals surface area (Å²) in [5.74, 6) is 0.537. The second-order valence-electron chi connectivity index (χ2n) is 6.93. The van der Waals surface area contributed by atoms with E-state index in [-0.39, 0.29) is 5.56 Å². The number of nitrogens with one attached hydrogen (secondary N) is 2. The van der Waals surface area contributed by atoms with Gasteiger partial charge in [-0.15, -0.1) is 0 Å². The Balaban J connectivity index is 1.93. The van der Waals surface area contributed by atoms with Crippen molar-refractivity contribution in [2.75, 3.05) is 17.2 Å². The lowest BCUT2D eigenvalue weighted by atomic mass is 10.2. The summed E-state index contributed by atoms with van der Waals surface area (Å²) in [4.78, 5) is 20.5. The first kappa shape index (κ1) is 20.6. The third-order valence-corrected chi connectivity index (χ3v) is 4.90. The molecule has 29 heavy (non-hydrogen) atoms. The molecule has 0 atom stereocenters. The highest BCUT2D eigenvalue weighted by molar-refractivity contribution is 5.88. The molecule has 0 amide bonds. The number of imidazole rings is 1. The molecule has 3 aromatic rings. The molecule has 8 nitrogen and oxygen atoms in total. The molecule has 0 saturated heterocycles. The Hall–Kier alpha value is -3.13. The number of pyridine rings is 1. The van der Waals surface area contributed by atoms with Crippen LogP contribution in [0, 0.1) is 0 Å². The van der Waals surface area contributed by atoms with Gasteiger partial charge in [0.2, 0.25) is 5.95 Å². The van der Waals surface area contributed by atoms with Gasteiger partial charge in [-0.1, -0.05) is 13.8 Å². The van der Waals surface area contributed by atoms with E-state index in [2.05, 4.69) is 29.5 Å². The number of aryl methyl sites for hydroxylation is 1. The van der Waals surface area contributed by atoms with Crippen LogP contribution in [0.3, 0.4) is 0 Å². The molecule has 154 valence electrons. The highest BCUT2D eigenvalue weighted by atomic mass is 16.4. The lowest BCUT2D eigenvalue weighted by molar-refractivity contribution is 0.0697. The average Bonchev–Trinajstić information content (AvgIpc) is 3.07. The van der Waals surface area contributed by atoms with Crippen molar-refractivity contribution >= 4 is 34.6 Å². The zero-order chi connectivity index (χ0) is 20.8. The zero-order valence-corrected chi connectivity index (χ0v) is 16.9. The molecule has 1 aromatic carbocycles. The Morgan fingerprint density at radius 2 is 1.86 bits per heavy atom. The molecular formula is C21H28N6O2. The number of hydrogen-bond donors (Lipinski definition) is 4. The summed E-state index contributed by atoms with van der Waals surface area (Å²) < 4.78 is 2.02. The van der Waals surface area contributed by atoms with E-state index in [0.29, 0.717) is 25.1 Å². The predicted octanol–water partition coefficient (Wildman–Crippen LogP) is 3.82. The minimum absolute atomic E-state index is 0.242. The molecule has 0 aliphatic carbocycles. The topological polar surface area (TPSA) is 118 Å². The molecule has 0 fully saturated rings. The van der Waals surface area contributed by atoms with Crippen molar-refractivity contribution in [2.45, 2.75) is 45.7 Å². The standard InChI is InChI=1S/C21H28N6O2/c1-3-15(4-2)23-18-11-10-17-19(26-18)27(13-5-12-22)21(25-17)24-16-8-6-14(7-9-16)20(28)29/h6-11,15H,3-5,12-13,22H2,1-2H3,(H,23,26)(H,24,25)(H,28,29). The first-order valence-corrected chi connectivity index (χ1v) is 10.00. The van der Waals surface area contributed by atoms with Crippen molar-refractivity contribution in [2.24, 2.45) is 5.73 Å². The van der Waals surface area contributed by atoms with E-state index < -0.39 is 5.97 Å². The number of carboxylic acids is 1. The number of carboxylic acid groups (broad SMARTS) is 1. The molecule has 0 bridgehead atoms. The second-order valence-corrected chi connectivity index (χ2v) is 6.93. The normalized spacial score (nSPS) is 11.2. The van der Waals surface area contributed by atoms with E-state index in [1.54, 1.807) is 24.3 Å². The van der Waals surface area contributed by atoms with Crippen LogP contribution in [0.5, 0.6) is 0 Å². The van der Waals surface area contributed by atoms with Gasteiger partial charge >= 0.3 is 5.97 Å². The summed E-state index contributed by atoms with van der Waals surface area (Å²) in [6, 6.07) is 10.9. The lowest BCUT2D eigenvalue weighted by Gasteiger charge is -2.15. The van der Waals surface area contributed by atoms with Gasteiger partial charge in [0, 0.05) is 18.3 Å². The average molecular weight is 396 g/mol. The van der Waals surface area contributed by atoms with E-state index in [1.807, 2.05) is 16.7 Å². The number of carbonyl (C=O) groups is 1. The van der Waals surface area contributed by atoms with E-state index in [4.69, 9.17) is 15.8 Å². The quantitative estimate of drug-likeness (QED) is 0.411. The van der Waals surface area contributed by atoms with Gasteiger partial charge in [-0.3, -0.25) is 4.57 Å². The van der Waals surface area contributed by atoms with Crippen molar-refractivity contribution in [3.8, 4) is 0 Å². The SMILES string of the molecule is CCC(CC)Nc1ccc2nc(Nc3ccc(C(=O)O)cc3)n(CCCN)c2n1. The van der Waals surface area contributed by atoms with Gasteiger partial charge in [-0.2, -0.15) is 0 Å². The number of anilines is 3. The fourth-order valence-electron chi connectivity index (χ4n) is 3.17. The second kappa shape index (κ2) is 9.38. The molecule has 0 aliphatic rings. The van der Waals surface area contributed by atoms with Gasteiger partial charge in [0.25, 0.3) is 0 Å². The summed E-state index contributed by atoms with van der Waals surface area (Å²) in [6.07, 6.45) is 2.85. The fourth-order valence-corrected chi connectivity index (χ4v) is 3.17. The zero-order valence-electron chi connectivity index (χ0n) is 16.9. The number of benzene rings is 1. The molecule has 0 saturated carbocycles. The van der Waals surface area contributed by atoms with Gasteiger partial charge < -0.3 is 21.5 Å². The fraction of sp³-hybridized carbons (Fsp3) is 0.381. The molecular weight excluding hydrogens is 368 g/mol. The maximum atomic E-state index is 11.0. The lowest BCUT2D eigenvalue weighted by Crippen LogP contribution is -2.18. The maximum Gasteiger partial charge on any atom is 0.335 e. The van der Waals surface area contributed by atoms with Crippen molar-refractivity contribution in [1.82, 2.24) is 14.5 Å². The number of rotatable bonds is 10. The first-order chi connectivity index (χ1) is 14.0. The number of nitrogens with zero attached hydrogens (tertiary/aromatic N) is 3. The van der Waals surface area contributed by atoms with Crippen LogP contribution >= 0.6 is 0 Å². The molecule has 0 spiro atoms. The predicted molar refractivity (Wildman–Crippen MR) is 116 cm³/mol. The van der Waals surface area contributed by atoms with E-state index >= 15 is 0 Å². The summed E-state index contributed by atoms with van der Waals surface area (Å²) in [7, 11) is 0. The van der Waals surface area contributed by atoms with Crippen LogP contribution in [0.15, 0.2) is 36.4 Å². The molecule has 0 aliphatic heterocycles. The number of nitrogens with two attached hydrogens (primary N) is 1. The van der Waals surface area contributed by atoms with Crippen LogP contribution in [0.4, 0.5) is 17.5 Å². The minimum Gasteiger partial charge on any atom is -0.478 e. The third-order valence-electron chi connectivity index (χ3n) is 4.90. The first-order valence-electron chi connectivity index (χ1n) is 10.00. The van der Waals surface area contributed by atoms with Gasteiger partial charge in [-0.05, 0) is 62.2 Å². The molecule has 2 heterocycles. The summed E-state index contributed by atoms with van der Waals surface area (Å²) in [5, 5.41) is 15.8. The Kier molecular flexibility index (Phi) is 6.66. The van der Waals surface area contributed by atoms with Crippen LogP contribution in [0.25, 0.3) is 11.2 Å². The molecule has 5 N–H and O–H groups in total. The summed E-state index contributed by atoms with van der Waals surface area (Å²) >= 11 is 0. The highest BCUT2D eigenvalue weighted by Gasteiger charge is 2.14. The number of fused-ring (bicyclic) bond motifs is 1. The number of hydrogen-bond acceptors (Lipinski definition) is 6. The molecule has 8 heteroatoms. The van der Waals surface area contributed by atoms with Crippen LogP contribution in [0.2, 0.25) is 0 Å². The Labute approximate surface area is 170 Å². The maximum absolute atomic E-state index is 11.0. The van der Waals surface area contributed by atoms with Crippen molar-refractivity contribution in [3.05, 3.63) is 42.0 Å². The number of aromatic carboxylic acids is 1. The van der Waals surface area contributed by atoms with Crippen molar-refractivity contribution in [3.63, 3.8) is 0 Å².